The van der Waals surface area contributed by atoms with E-state index >= 15 is 0 Å². The second-order valence-electron chi connectivity index (χ2n) is 3.41. The molecule has 18 heavy (non-hydrogen) atoms. The van der Waals surface area contributed by atoms with E-state index in [-0.39, 0.29) is 10.5 Å². The molecule has 0 atom stereocenters. The van der Waals surface area contributed by atoms with E-state index in [4.69, 9.17) is 11.0 Å². The molecule has 2 aromatic rings. The summed E-state index contributed by atoms with van der Waals surface area (Å²) in [5, 5.41) is 9.25. The predicted octanol–water partition coefficient (Wildman–Crippen LogP) is 2.96. The topological polar surface area (TPSA) is 62.7 Å². The van der Waals surface area contributed by atoms with E-state index in [1.165, 1.54) is 18.3 Å². The Morgan fingerprint density at radius 2 is 2.06 bits per heavy atom. The van der Waals surface area contributed by atoms with Gasteiger partial charge in [0.1, 0.15) is 22.7 Å². The lowest BCUT2D eigenvalue weighted by atomic mass is 10.3. The zero-order chi connectivity index (χ0) is 13.1. The van der Waals surface area contributed by atoms with Crippen LogP contribution in [0.4, 0.5) is 14.5 Å². The number of anilines is 1. The number of hydrogen-bond acceptors (Lipinski definition) is 4. The third-order valence-electron chi connectivity index (χ3n) is 2.09. The summed E-state index contributed by atoms with van der Waals surface area (Å²) in [6.45, 7) is 0. The Bertz CT molecular complexity index is 638. The predicted molar refractivity (Wildman–Crippen MR) is 63.8 cm³/mol. The van der Waals surface area contributed by atoms with E-state index in [1.54, 1.807) is 0 Å². The van der Waals surface area contributed by atoms with Crippen molar-refractivity contribution in [2.24, 2.45) is 0 Å². The van der Waals surface area contributed by atoms with Gasteiger partial charge >= 0.3 is 0 Å². The minimum absolute atomic E-state index is 0.199. The highest BCUT2D eigenvalue weighted by Crippen LogP contribution is 2.31. The highest BCUT2D eigenvalue weighted by atomic mass is 32.2. The minimum Gasteiger partial charge on any atom is -0.397 e. The number of nitrogen functional groups attached to an aromatic ring is 1. The lowest BCUT2D eigenvalue weighted by Crippen LogP contribution is -1.93. The molecule has 0 radical (unpaired) electrons. The molecule has 0 aliphatic rings. The molecule has 6 heteroatoms. The number of pyridine rings is 1. The number of aromatic nitrogens is 1. The Hall–Kier alpha value is -2.13. The Balaban J connectivity index is 2.37. The second-order valence-corrected chi connectivity index (χ2v) is 4.44. The highest BCUT2D eigenvalue weighted by Gasteiger charge is 2.10. The Morgan fingerprint density at radius 3 is 2.72 bits per heavy atom. The van der Waals surface area contributed by atoms with E-state index in [9.17, 15) is 8.78 Å². The number of rotatable bonds is 2. The van der Waals surface area contributed by atoms with Crippen LogP contribution in [0, 0.1) is 23.0 Å². The van der Waals surface area contributed by atoms with E-state index in [2.05, 4.69) is 4.98 Å². The fraction of sp³-hybridized carbons (Fsp3) is 0. The smallest absolute Gasteiger partial charge is 0.140 e. The van der Waals surface area contributed by atoms with Crippen molar-refractivity contribution in [1.82, 2.24) is 4.98 Å². The maximum absolute atomic E-state index is 13.5. The van der Waals surface area contributed by atoms with Gasteiger partial charge in [0.2, 0.25) is 0 Å². The molecule has 90 valence electrons. The maximum atomic E-state index is 13.5. The van der Waals surface area contributed by atoms with Gasteiger partial charge in [0, 0.05) is 11.0 Å². The zero-order valence-electron chi connectivity index (χ0n) is 9.02. The lowest BCUT2D eigenvalue weighted by Gasteiger charge is -2.04. The summed E-state index contributed by atoms with van der Waals surface area (Å²) in [6.07, 6.45) is 1.38. The van der Waals surface area contributed by atoms with Crippen molar-refractivity contribution < 1.29 is 8.78 Å². The fourth-order valence-electron chi connectivity index (χ4n) is 1.29. The van der Waals surface area contributed by atoms with Gasteiger partial charge in [0.05, 0.1) is 17.4 Å². The molecule has 0 saturated carbocycles. The van der Waals surface area contributed by atoms with Gasteiger partial charge in [-0.1, -0.05) is 11.8 Å². The molecule has 0 bridgehead atoms. The van der Waals surface area contributed by atoms with Crippen molar-refractivity contribution in [3.63, 3.8) is 0 Å². The van der Waals surface area contributed by atoms with Crippen LogP contribution in [0.3, 0.4) is 0 Å². The maximum Gasteiger partial charge on any atom is 0.140 e. The van der Waals surface area contributed by atoms with Crippen molar-refractivity contribution in [1.29, 1.82) is 5.26 Å². The number of halogens is 2. The molecule has 0 fully saturated rings. The Morgan fingerprint density at radius 1 is 1.28 bits per heavy atom. The lowest BCUT2D eigenvalue weighted by molar-refractivity contribution is 0.565. The van der Waals surface area contributed by atoms with Crippen LogP contribution in [-0.4, -0.2) is 4.98 Å². The molecule has 1 aromatic carbocycles. The zero-order valence-corrected chi connectivity index (χ0v) is 9.84. The van der Waals surface area contributed by atoms with Crippen molar-refractivity contribution in [3.8, 4) is 6.07 Å². The van der Waals surface area contributed by atoms with E-state index in [0.717, 1.165) is 23.9 Å². The molecular weight excluding hydrogens is 256 g/mol. The van der Waals surface area contributed by atoms with Gasteiger partial charge in [-0.3, -0.25) is 0 Å². The molecule has 3 nitrogen and oxygen atoms in total. The molecule has 0 unspecified atom stereocenters. The van der Waals surface area contributed by atoms with Gasteiger partial charge in [-0.2, -0.15) is 5.26 Å². The molecule has 2 N–H and O–H groups in total. The fourth-order valence-corrected chi connectivity index (χ4v) is 2.11. The number of benzene rings is 1. The Labute approximate surface area is 106 Å². The van der Waals surface area contributed by atoms with Gasteiger partial charge in [0.15, 0.2) is 0 Å². The van der Waals surface area contributed by atoms with Crippen molar-refractivity contribution >= 4 is 17.4 Å². The average molecular weight is 263 g/mol. The van der Waals surface area contributed by atoms with Crippen molar-refractivity contribution in [2.45, 2.75) is 9.92 Å². The summed E-state index contributed by atoms with van der Waals surface area (Å²) in [4.78, 5) is 4.16. The van der Waals surface area contributed by atoms with Gasteiger partial charge in [-0.25, -0.2) is 13.8 Å². The van der Waals surface area contributed by atoms with Gasteiger partial charge in [-0.15, -0.1) is 0 Å². The van der Waals surface area contributed by atoms with Gasteiger partial charge in [-0.05, 0) is 18.2 Å². The van der Waals surface area contributed by atoms with E-state index in [0.29, 0.717) is 10.7 Å². The first-order chi connectivity index (χ1) is 8.60. The summed E-state index contributed by atoms with van der Waals surface area (Å²) < 4.78 is 26.2. The molecule has 0 amide bonds. The monoisotopic (exact) mass is 263 g/mol. The highest BCUT2D eigenvalue weighted by molar-refractivity contribution is 7.99. The van der Waals surface area contributed by atoms with Crippen LogP contribution in [0.25, 0.3) is 0 Å². The SMILES string of the molecule is N#Cc1cc(N)cnc1Sc1ccc(F)cc1F. The molecule has 0 aliphatic heterocycles. The van der Waals surface area contributed by atoms with Crippen LogP contribution < -0.4 is 5.73 Å². The van der Waals surface area contributed by atoms with Crippen LogP contribution in [0.15, 0.2) is 40.4 Å². The number of nitriles is 1. The van der Waals surface area contributed by atoms with Gasteiger partial charge in [0.25, 0.3) is 0 Å². The molecule has 1 aromatic heterocycles. The van der Waals surface area contributed by atoms with Crippen molar-refractivity contribution in [3.05, 3.63) is 47.7 Å². The number of nitrogens with two attached hydrogens (primary N) is 1. The molecule has 1 heterocycles. The molecule has 2 rings (SSSR count). The largest absolute Gasteiger partial charge is 0.397 e. The summed E-state index contributed by atoms with van der Waals surface area (Å²) >= 11 is 0.952. The molecule has 0 spiro atoms. The number of hydrogen-bond donors (Lipinski definition) is 1. The van der Waals surface area contributed by atoms with Crippen LogP contribution in [0.1, 0.15) is 5.56 Å². The first-order valence-electron chi connectivity index (χ1n) is 4.88. The summed E-state index contributed by atoms with van der Waals surface area (Å²) in [7, 11) is 0. The molecule has 0 saturated heterocycles. The second kappa shape index (κ2) is 5.02. The Kier molecular flexibility index (Phi) is 3.44. The van der Waals surface area contributed by atoms with Crippen LogP contribution >= 0.6 is 11.8 Å². The van der Waals surface area contributed by atoms with E-state index < -0.39 is 11.6 Å². The van der Waals surface area contributed by atoms with E-state index in [1.807, 2.05) is 6.07 Å². The molecule has 0 aliphatic carbocycles. The molecular formula is C12H7F2N3S. The van der Waals surface area contributed by atoms with Crippen LogP contribution in [-0.2, 0) is 0 Å². The summed E-state index contributed by atoms with van der Waals surface area (Å²) in [5.41, 5.74) is 6.11. The summed E-state index contributed by atoms with van der Waals surface area (Å²) in [5.74, 6) is -1.34. The normalized spacial score (nSPS) is 10.1. The third-order valence-corrected chi connectivity index (χ3v) is 3.16. The summed E-state index contributed by atoms with van der Waals surface area (Å²) in [6, 6.07) is 6.61. The van der Waals surface area contributed by atoms with Crippen LogP contribution in [0.2, 0.25) is 0 Å². The third kappa shape index (κ3) is 2.57. The first-order valence-corrected chi connectivity index (χ1v) is 5.70. The standard InChI is InChI=1S/C12H7F2N3S/c13-8-1-2-11(10(14)4-8)18-12-7(5-15)3-9(16)6-17-12/h1-4,6H,16H2. The average Bonchev–Trinajstić information content (AvgIpc) is 2.34. The van der Waals surface area contributed by atoms with Crippen LogP contribution in [0.5, 0.6) is 0 Å². The number of nitrogens with zero attached hydrogens (tertiary/aromatic N) is 2. The van der Waals surface area contributed by atoms with Gasteiger partial charge < -0.3 is 5.73 Å². The quantitative estimate of drug-likeness (QED) is 0.904. The first kappa shape index (κ1) is 12.3. The van der Waals surface area contributed by atoms with Crippen molar-refractivity contribution in [2.75, 3.05) is 5.73 Å². The minimum atomic E-state index is -0.692.